The van der Waals surface area contributed by atoms with Gasteiger partial charge < -0.3 is 10.6 Å². The van der Waals surface area contributed by atoms with Crippen LogP contribution < -0.4 is 5.73 Å². The average Bonchev–Trinajstić information content (AvgIpc) is 3.12. The molecule has 3 rings (SSSR count). The highest BCUT2D eigenvalue weighted by Gasteiger charge is 2.33. The molecule has 4 atom stereocenters. The van der Waals surface area contributed by atoms with Crippen LogP contribution >= 0.6 is 0 Å². The summed E-state index contributed by atoms with van der Waals surface area (Å²) in [5.74, 6) is 1.70. The molecule has 0 radical (unpaired) electrons. The molecule has 2 aliphatic heterocycles. The monoisotopic (exact) mass is 279 g/mol. The number of rotatable bonds is 4. The molecule has 1 saturated carbocycles. The van der Waals surface area contributed by atoms with E-state index in [9.17, 15) is 0 Å². The van der Waals surface area contributed by atoms with Crippen LogP contribution in [-0.4, -0.2) is 54.6 Å². The molecule has 4 unspecified atom stereocenters. The molecule has 1 aliphatic carbocycles. The predicted molar refractivity (Wildman–Crippen MR) is 84.7 cm³/mol. The van der Waals surface area contributed by atoms with Crippen molar-refractivity contribution in [1.82, 2.24) is 9.80 Å². The Kier molecular flexibility index (Phi) is 5.00. The molecule has 0 bridgehead atoms. The first-order valence-electron chi connectivity index (χ1n) is 8.98. The summed E-state index contributed by atoms with van der Waals surface area (Å²) in [4.78, 5) is 5.45. The summed E-state index contributed by atoms with van der Waals surface area (Å²) < 4.78 is 0. The zero-order valence-corrected chi connectivity index (χ0v) is 13.3. The van der Waals surface area contributed by atoms with Gasteiger partial charge in [0.25, 0.3) is 0 Å². The van der Waals surface area contributed by atoms with Crippen LogP contribution in [0.1, 0.15) is 51.9 Å². The maximum absolute atomic E-state index is 6.39. The average molecular weight is 279 g/mol. The van der Waals surface area contributed by atoms with Crippen LogP contribution in [0.3, 0.4) is 0 Å². The highest BCUT2D eigenvalue weighted by atomic mass is 15.3. The molecular weight excluding hydrogens is 246 g/mol. The molecule has 2 heterocycles. The summed E-state index contributed by atoms with van der Waals surface area (Å²) in [5, 5.41) is 0. The second-order valence-corrected chi connectivity index (χ2v) is 7.46. The van der Waals surface area contributed by atoms with E-state index in [4.69, 9.17) is 5.73 Å². The largest absolute Gasteiger partial charge is 0.327 e. The van der Waals surface area contributed by atoms with Crippen molar-refractivity contribution in [3.05, 3.63) is 0 Å². The third kappa shape index (κ3) is 3.37. The maximum Gasteiger partial charge on any atom is 0.0235 e. The zero-order chi connectivity index (χ0) is 13.9. The molecule has 3 nitrogen and oxygen atoms in total. The molecule has 3 fully saturated rings. The SMILES string of the molecule is CCC1CCC(N)C(CN2CCC(N3CCCC3)C2)C1. The number of nitrogens with two attached hydrogens (primary N) is 1. The quantitative estimate of drug-likeness (QED) is 0.857. The van der Waals surface area contributed by atoms with Crippen molar-refractivity contribution in [2.75, 3.05) is 32.7 Å². The zero-order valence-electron chi connectivity index (χ0n) is 13.3. The molecule has 0 aromatic heterocycles. The molecule has 116 valence electrons. The lowest BCUT2D eigenvalue weighted by molar-refractivity contribution is 0.161. The lowest BCUT2D eigenvalue weighted by atomic mass is 9.77. The molecule has 0 aromatic rings. The van der Waals surface area contributed by atoms with E-state index in [1.54, 1.807) is 0 Å². The Hall–Kier alpha value is -0.120. The van der Waals surface area contributed by atoms with Crippen LogP contribution in [0, 0.1) is 11.8 Å². The van der Waals surface area contributed by atoms with Crippen molar-refractivity contribution < 1.29 is 0 Å². The fourth-order valence-corrected chi connectivity index (χ4v) is 4.68. The van der Waals surface area contributed by atoms with Crippen LogP contribution in [-0.2, 0) is 0 Å². The van der Waals surface area contributed by atoms with E-state index in [-0.39, 0.29) is 0 Å². The lowest BCUT2D eigenvalue weighted by Gasteiger charge is -2.36. The van der Waals surface area contributed by atoms with E-state index in [1.807, 2.05) is 0 Å². The molecule has 3 heteroatoms. The Morgan fingerprint density at radius 2 is 1.85 bits per heavy atom. The summed E-state index contributed by atoms with van der Waals surface area (Å²) in [6.45, 7) is 8.92. The van der Waals surface area contributed by atoms with Crippen LogP contribution in [0.25, 0.3) is 0 Å². The second-order valence-electron chi connectivity index (χ2n) is 7.46. The first-order chi connectivity index (χ1) is 9.76. The Morgan fingerprint density at radius 3 is 2.60 bits per heavy atom. The van der Waals surface area contributed by atoms with Gasteiger partial charge in [-0.05, 0) is 70.0 Å². The first kappa shape index (κ1) is 14.8. The number of hydrogen-bond acceptors (Lipinski definition) is 3. The van der Waals surface area contributed by atoms with Gasteiger partial charge in [-0.1, -0.05) is 13.3 Å². The van der Waals surface area contributed by atoms with E-state index < -0.39 is 0 Å². The van der Waals surface area contributed by atoms with E-state index in [1.165, 1.54) is 77.7 Å². The van der Waals surface area contributed by atoms with Gasteiger partial charge in [-0.15, -0.1) is 0 Å². The molecule has 0 spiro atoms. The van der Waals surface area contributed by atoms with Crippen LogP contribution in [0.5, 0.6) is 0 Å². The molecule has 2 N–H and O–H groups in total. The predicted octanol–water partition coefficient (Wildman–Crippen LogP) is 2.31. The first-order valence-corrected chi connectivity index (χ1v) is 8.98. The molecule has 0 aromatic carbocycles. The maximum atomic E-state index is 6.39. The number of likely N-dealkylation sites (tertiary alicyclic amines) is 2. The van der Waals surface area contributed by atoms with Crippen molar-refractivity contribution in [2.24, 2.45) is 17.6 Å². The molecule has 20 heavy (non-hydrogen) atoms. The highest BCUT2D eigenvalue weighted by Crippen LogP contribution is 2.32. The third-order valence-corrected chi connectivity index (χ3v) is 6.12. The van der Waals surface area contributed by atoms with Crippen molar-refractivity contribution in [1.29, 1.82) is 0 Å². The normalized spacial score (nSPS) is 40.5. The van der Waals surface area contributed by atoms with Crippen LogP contribution in [0.15, 0.2) is 0 Å². The van der Waals surface area contributed by atoms with Crippen molar-refractivity contribution in [2.45, 2.75) is 64.0 Å². The van der Waals surface area contributed by atoms with Gasteiger partial charge in [0.2, 0.25) is 0 Å². The summed E-state index contributed by atoms with van der Waals surface area (Å²) in [7, 11) is 0. The molecular formula is C17H33N3. The van der Waals surface area contributed by atoms with Gasteiger partial charge in [0.15, 0.2) is 0 Å². The van der Waals surface area contributed by atoms with Crippen LogP contribution in [0.2, 0.25) is 0 Å². The minimum atomic E-state index is 0.462. The Balaban J connectivity index is 1.48. The fraction of sp³-hybridized carbons (Fsp3) is 1.00. The third-order valence-electron chi connectivity index (χ3n) is 6.12. The summed E-state index contributed by atoms with van der Waals surface area (Å²) in [6, 6.07) is 1.31. The topological polar surface area (TPSA) is 32.5 Å². The standard InChI is InChI=1S/C17H33N3/c1-2-14-5-6-17(18)15(11-14)12-19-10-7-16(13-19)20-8-3-4-9-20/h14-17H,2-13,18H2,1H3. The Morgan fingerprint density at radius 1 is 1.05 bits per heavy atom. The molecule has 2 saturated heterocycles. The van der Waals surface area contributed by atoms with Gasteiger partial charge >= 0.3 is 0 Å². The number of nitrogens with zero attached hydrogens (tertiary/aromatic N) is 2. The summed E-state index contributed by atoms with van der Waals surface area (Å²) >= 11 is 0. The Bertz CT molecular complexity index is 301. The molecule has 0 amide bonds. The minimum Gasteiger partial charge on any atom is -0.327 e. The minimum absolute atomic E-state index is 0.462. The smallest absolute Gasteiger partial charge is 0.0235 e. The van der Waals surface area contributed by atoms with Gasteiger partial charge in [0, 0.05) is 25.2 Å². The lowest BCUT2D eigenvalue weighted by Crippen LogP contribution is -2.43. The van der Waals surface area contributed by atoms with Gasteiger partial charge in [0.1, 0.15) is 0 Å². The van der Waals surface area contributed by atoms with Gasteiger partial charge in [0.05, 0.1) is 0 Å². The number of hydrogen-bond donors (Lipinski definition) is 1. The fourth-order valence-electron chi connectivity index (χ4n) is 4.68. The van der Waals surface area contributed by atoms with Gasteiger partial charge in [-0.2, -0.15) is 0 Å². The van der Waals surface area contributed by atoms with Crippen molar-refractivity contribution in [3.8, 4) is 0 Å². The van der Waals surface area contributed by atoms with E-state index in [2.05, 4.69) is 16.7 Å². The highest BCUT2D eigenvalue weighted by molar-refractivity contribution is 4.89. The van der Waals surface area contributed by atoms with E-state index in [0.29, 0.717) is 6.04 Å². The molecule has 3 aliphatic rings. The Labute approximate surface area is 124 Å². The summed E-state index contributed by atoms with van der Waals surface area (Å²) in [5.41, 5.74) is 6.39. The summed E-state index contributed by atoms with van der Waals surface area (Å²) in [6.07, 6.45) is 9.57. The van der Waals surface area contributed by atoms with E-state index in [0.717, 1.165) is 17.9 Å². The van der Waals surface area contributed by atoms with Gasteiger partial charge in [-0.3, -0.25) is 4.90 Å². The van der Waals surface area contributed by atoms with Gasteiger partial charge in [-0.25, -0.2) is 0 Å². The van der Waals surface area contributed by atoms with Crippen molar-refractivity contribution in [3.63, 3.8) is 0 Å². The van der Waals surface area contributed by atoms with Crippen molar-refractivity contribution >= 4 is 0 Å². The second kappa shape index (κ2) is 6.76. The van der Waals surface area contributed by atoms with Crippen LogP contribution in [0.4, 0.5) is 0 Å². The van der Waals surface area contributed by atoms with E-state index >= 15 is 0 Å².